The number of aliphatic hydroxyl groups is 1. The molecule has 2 saturated carbocycles. The van der Waals surface area contributed by atoms with E-state index >= 15 is 0 Å². The van der Waals surface area contributed by atoms with E-state index in [1.807, 2.05) is 12.1 Å². The molecule has 2 aliphatic rings. The summed E-state index contributed by atoms with van der Waals surface area (Å²) in [5, 5.41) is 11.8. The molecule has 3 rings (SSSR count). The summed E-state index contributed by atoms with van der Waals surface area (Å²) in [6.45, 7) is 0.415. The predicted molar refractivity (Wildman–Crippen MR) is 78.6 cm³/mol. The molecule has 0 spiro atoms. The molecule has 0 aromatic heterocycles. The molecule has 0 aliphatic heterocycles. The van der Waals surface area contributed by atoms with E-state index in [9.17, 15) is 5.11 Å². The lowest BCUT2D eigenvalue weighted by atomic mass is 9.88. The van der Waals surface area contributed by atoms with Gasteiger partial charge in [-0.3, -0.25) is 0 Å². The fourth-order valence-electron chi connectivity index (χ4n) is 3.90. The van der Waals surface area contributed by atoms with Gasteiger partial charge in [-0.1, -0.05) is 35.7 Å². The van der Waals surface area contributed by atoms with Crippen molar-refractivity contribution in [3.8, 4) is 0 Å². The first-order chi connectivity index (χ1) is 9.13. The highest BCUT2D eigenvalue weighted by Crippen LogP contribution is 2.60. The second-order valence-electron chi connectivity index (χ2n) is 5.83. The Balaban J connectivity index is 1.80. The molecule has 1 aromatic carbocycles. The van der Waals surface area contributed by atoms with E-state index in [0.717, 1.165) is 17.4 Å². The maximum Gasteiger partial charge on any atom is 0.0655 e. The maximum absolute atomic E-state index is 10.6. The van der Waals surface area contributed by atoms with Gasteiger partial charge in [0.25, 0.3) is 0 Å². The minimum absolute atomic E-state index is 0.0830. The Bertz CT molecular complexity index is 469. The van der Waals surface area contributed by atoms with Gasteiger partial charge in [-0.15, -0.1) is 0 Å². The Labute approximate surface area is 123 Å². The molecule has 2 aliphatic carbocycles. The first kappa shape index (κ1) is 13.7. The average molecular weight is 300 g/mol. The van der Waals surface area contributed by atoms with Crippen LogP contribution in [0.4, 0.5) is 0 Å². The fourth-order valence-corrected chi connectivity index (χ4v) is 4.45. The van der Waals surface area contributed by atoms with Crippen molar-refractivity contribution in [3.05, 3.63) is 33.8 Å². The molecule has 3 N–H and O–H groups in total. The van der Waals surface area contributed by atoms with Crippen molar-refractivity contribution in [1.82, 2.24) is 0 Å². The van der Waals surface area contributed by atoms with E-state index in [0.29, 0.717) is 22.5 Å². The van der Waals surface area contributed by atoms with Crippen LogP contribution < -0.4 is 5.73 Å². The quantitative estimate of drug-likeness (QED) is 0.894. The Hall–Kier alpha value is -0.280. The number of halogens is 2. The number of rotatable bonds is 4. The van der Waals surface area contributed by atoms with Crippen molar-refractivity contribution in [3.63, 3.8) is 0 Å². The van der Waals surface area contributed by atoms with Crippen molar-refractivity contribution >= 4 is 23.2 Å². The lowest BCUT2D eigenvalue weighted by molar-refractivity contribution is 0.108. The Morgan fingerprint density at radius 1 is 1.26 bits per heavy atom. The molecule has 4 unspecified atom stereocenters. The van der Waals surface area contributed by atoms with Crippen LogP contribution in [0.3, 0.4) is 0 Å². The number of benzene rings is 1. The highest BCUT2D eigenvalue weighted by molar-refractivity contribution is 6.35. The predicted octanol–water partition coefficient (Wildman–Crippen LogP) is 3.44. The van der Waals surface area contributed by atoms with E-state index < -0.39 is 0 Å². The molecule has 19 heavy (non-hydrogen) atoms. The minimum Gasteiger partial charge on any atom is -0.392 e. The largest absolute Gasteiger partial charge is 0.392 e. The number of fused-ring (bicyclic) bond motifs is 1. The van der Waals surface area contributed by atoms with E-state index in [-0.39, 0.29) is 12.0 Å². The zero-order valence-electron chi connectivity index (χ0n) is 10.7. The molecule has 2 nitrogen and oxygen atoms in total. The molecule has 0 radical (unpaired) electrons. The summed E-state index contributed by atoms with van der Waals surface area (Å²) in [7, 11) is 0. The topological polar surface area (TPSA) is 46.2 Å². The van der Waals surface area contributed by atoms with E-state index in [4.69, 9.17) is 28.9 Å². The van der Waals surface area contributed by atoms with Gasteiger partial charge in [0.15, 0.2) is 0 Å². The van der Waals surface area contributed by atoms with Gasteiger partial charge in [0.05, 0.1) is 6.10 Å². The van der Waals surface area contributed by atoms with Crippen LogP contribution in [-0.4, -0.2) is 17.8 Å². The Morgan fingerprint density at radius 2 is 1.95 bits per heavy atom. The van der Waals surface area contributed by atoms with Crippen molar-refractivity contribution in [2.45, 2.75) is 31.3 Å². The molecule has 2 fully saturated rings. The second-order valence-corrected chi connectivity index (χ2v) is 6.68. The standard InChI is InChI=1S/C15H19Cl2NO/c16-8-4-5-9(13(17)6-8)12(7-18)15(19)14-10-2-1-3-11(10)14/h4-6,10-12,14-15,19H,1-3,7,18H2. The molecule has 1 aromatic rings. The van der Waals surface area contributed by atoms with Crippen LogP contribution in [0.2, 0.25) is 10.0 Å². The maximum atomic E-state index is 10.6. The summed E-state index contributed by atoms with van der Waals surface area (Å²) in [6.07, 6.45) is 3.46. The summed E-state index contributed by atoms with van der Waals surface area (Å²) < 4.78 is 0. The van der Waals surface area contributed by atoms with Crippen LogP contribution in [-0.2, 0) is 0 Å². The van der Waals surface area contributed by atoms with Crippen LogP contribution >= 0.6 is 23.2 Å². The van der Waals surface area contributed by atoms with Gasteiger partial charge in [-0.2, -0.15) is 0 Å². The SMILES string of the molecule is NCC(c1ccc(Cl)cc1Cl)C(O)C1C2CCCC21. The number of nitrogens with two attached hydrogens (primary N) is 1. The molecular formula is C15H19Cl2NO. The van der Waals surface area contributed by atoms with E-state index in [2.05, 4.69) is 0 Å². The van der Waals surface area contributed by atoms with E-state index in [1.54, 1.807) is 6.07 Å². The van der Waals surface area contributed by atoms with Gasteiger partial charge in [0, 0.05) is 22.5 Å². The number of hydrogen-bond acceptors (Lipinski definition) is 2. The summed E-state index contributed by atoms with van der Waals surface area (Å²) in [5.41, 5.74) is 6.80. The molecule has 0 amide bonds. The highest BCUT2D eigenvalue weighted by atomic mass is 35.5. The van der Waals surface area contributed by atoms with E-state index in [1.165, 1.54) is 19.3 Å². The van der Waals surface area contributed by atoms with Crippen molar-refractivity contribution in [1.29, 1.82) is 0 Å². The Kier molecular flexibility index (Phi) is 3.78. The van der Waals surface area contributed by atoms with Crippen LogP contribution in [0.5, 0.6) is 0 Å². The van der Waals surface area contributed by atoms with Crippen molar-refractivity contribution in [2.24, 2.45) is 23.5 Å². The minimum atomic E-state index is -0.376. The van der Waals surface area contributed by atoms with Gasteiger partial charge in [0.1, 0.15) is 0 Å². The Morgan fingerprint density at radius 3 is 2.53 bits per heavy atom. The zero-order chi connectivity index (χ0) is 13.6. The van der Waals surface area contributed by atoms with Gasteiger partial charge >= 0.3 is 0 Å². The van der Waals surface area contributed by atoms with Crippen LogP contribution in [0.15, 0.2) is 18.2 Å². The first-order valence-electron chi connectivity index (χ1n) is 6.96. The summed E-state index contributed by atoms with van der Waals surface area (Å²) in [4.78, 5) is 0. The highest BCUT2D eigenvalue weighted by Gasteiger charge is 2.57. The molecule has 0 heterocycles. The van der Waals surface area contributed by atoms with Crippen LogP contribution in [0.25, 0.3) is 0 Å². The fraction of sp³-hybridized carbons (Fsp3) is 0.600. The third-order valence-electron chi connectivity index (χ3n) is 4.90. The van der Waals surface area contributed by atoms with Gasteiger partial charge in [-0.05, 0) is 48.3 Å². The molecule has 4 heteroatoms. The summed E-state index contributed by atoms with van der Waals surface area (Å²) in [6, 6.07) is 5.43. The monoisotopic (exact) mass is 299 g/mol. The summed E-state index contributed by atoms with van der Waals surface area (Å²) >= 11 is 12.2. The third kappa shape index (κ3) is 2.40. The smallest absolute Gasteiger partial charge is 0.0655 e. The van der Waals surface area contributed by atoms with Gasteiger partial charge in [-0.25, -0.2) is 0 Å². The number of hydrogen-bond donors (Lipinski definition) is 2. The molecule has 104 valence electrons. The van der Waals surface area contributed by atoms with Crippen molar-refractivity contribution < 1.29 is 5.11 Å². The lowest BCUT2D eigenvalue weighted by Gasteiger charge is -2.24. The second kappa shape index (κ2) is 5.25. The molecule has 4 atom stereocenters. The first-order valence-corrected chi connectivity index (χ1v) is 7.72. The lowest BCUT2D eigenvalue weighted by Crippen LogP contribution is -2.29. The third-order valence-corrected chi connectivity index (χ3v) is 5.46. The molecular weight excluding hydrogens is 281 g/mol. The average Bonchev–Trinajstić information content (AvgIpc) is 2.86. The normalized spacial score (nSPS) is 31.9. The van der Waals surface area contributed by atoms with Gasteiger partial charge < -0.3 is 10.8 Å². The zero-order valence-corrected chi connectivity index (χ0v) is 12.2. The van der Waals surface area contributed by atoms with Crippen LogP contribution in [0.1, 0.15) is 30.7 Å². The summed E-state index contributed by atoms with van der Waals surface area (Å²) in [5.74, 6) is 1.78. The van der Waals surface area contributed by atoms with Crippen molar-refractivity contribution in [2.75, 3.05) is 6.54 Å². The molecule has 0 saturated heterocycles. The van der Waals surface area contributed by atoms with Gasteiger partial charge in [0.2, 0.25) is 0 Å². The van der Waals surface area contributed by atoms with Crippen LogP contribution in [0, 0.1) is 17.8 Å². The number of aliphatic hydroxyl groups excluding tert-OH is 1. The molecule has 0 bridgehead atoms.